The summed E-state index contributed by atoms with van der Waals surface area (Å²) in [7, 11) is 0. The third kappa shape index (κ3) is 5.53. The molecule has 0 unspecified atom stereocenters. The molecule has 0 fully saturated rings. The van der Waals surface area contributed by atoms with Gasteiger partial charge in [0, 0.05) is 42.8 Å². The van der Waals surface area contributed by atoms with Crippen LogP contribution in [0.25, 0.3) is 10.9 Å². The van der Waals surface area contributed by atoms with E-state index < -0.39 is 5.97 Å². The summed E-state index contributed by atoms with van der Waals surface area (Å²) in [6.07, 6.45) is 2.69. The highest BCUT2D eigenvalue weighted by Crippen LogP contribution is 2.23. The molecule has 5 heteroatoms. The van der Waals surface area contributed by atoms with Crippen molar-refractivity contribution in [2.45, 2.75) is 33.9 Å². The maximum atomic E-state index is 9.00. The van der Waals surface area contributed by atoms with E-state index in [9.17, 15) is 0 Å². The van der Waals surface area contributed by atoms with Gasteiger partial charge in [-0.3, -0.25) is 4.79 Å². The van der Waals surface area contributed by atoms with Gasteiger partial charge < -0.3 is 19.8 Å². The van der Waals surface area contributed by atoms with Crippen molar-refractivity contribution in [3.05, 3.63) is 71.4 Å². The van der Waals surface area contributed by atoms with Gasteiger partial charge in [0.25, 0.3) is 5.97 Å². The topological polar surface area (TPSA) is 75.3 Å². The minimum Gasteiger partial charge on any atom is -0.481 e. The van der Waals surface area contributed by atoms with E-state index >= 15 is 0 Å². The average molecular weight is 366 g/mol. The van der Waals surface area contributed by atoms with Gasteiger partial charge >= 0.3 is 0 Å². The molecule has 3 rings (SSSR count). The molecule has 3 aromatic rings. The van der Waals surface area contributed by atoms with Crippen molar-refractivity contribution < 1.29 is 14.6 Å². The van der Waals surface area contributed by atoms with Crippen molar-refractivity contribution in [2.75, 3.05) is 6.61 Å². The van der Waals surface area contributed by atoms with E-state index in [2.05, 4.69) is 35.8 Å². The minimum atomic E-state index is -0.833. The Kier molecular flexibility index (Phi) is 7.32. The van der Waals surface area contributed by atoms with Gasteiger partial charge in [-0.1, -0.05) is 42.5 Å². The maximum Gasteiger partial charge on any atom is 0.300 e. The van der Waals surface area contributed by atoms with Crippen LogP contribution in [-0.4, -0.2) is 28.0 Å². The average Bonchev–Trinajstić information content (AvgIpc) is 3.00. The lowest BCUT2D eigenvalue weighted by Gasteiger charge is -2.06. The highest BCUT2D eigenvalue weighted by Gasteiger charge is 2.13. The fourth-order valence-electron chi connectivity index (χ4n) is 2.88. The maximum absolute atomic E-state index is 9.00. The Bertz CT molecular complexity index is 924. The summed E-state index contributed by atoms with van der Waals surface area (Å²) in [5.74, 6) is -0.833. The lowest BCUT2D eigenvalue weighted by atomic mass is 9.99. The number of benzene rings is 2. The van der Waals surface area contributed by atoms with Crippen molar-refractivity contribution >= 4 is 22.6 Å². The summed E-state index contributed by atoms with van der Waals surface area (Å²) in [6.45, 7) is 6.38. The van der Waals surface area contributed by atoms with Crippen LogP contribution >= 0.6 is 0 Å². The predicted molar refractivity (Wildman–Crippen MR) is 109 cm³/mol. The van der Waals surface area contributed by atoms with Gasteiger partial charge in [-0.2, -0.15) is 0 Å². The summed E-state index contributed by atoms with van der Waals surface area (Å²) in [5, 5.41) is 17.1. The predicted octanol–water partition coefficient (Wildman–Crippen LogP) is 4.65. The number of para-hydroxylation sites is 1. The van der Waals surface area contributed by atoms with Gasteiger partial charge in [0.15, 0.2) is 0 Å². The number of nitrogens with zero attached hydrogens (tertiary/aromatic N) is 1. The second-order valence-electron chi connectivity index (χ2n) is 6.25. The number of fused-ring (bicyclic) bond motifs is 1. The zero-order valence-electron chi connectivity index (χ0n) is 16.0. The van der Waals surface area contributed by atoms with E-state index in [4.69, 9.17) is 20.0 Å². The van der Waals surface area contributed by atoms with Gasteiger partial charge in [-0.25, -0.2) is 0 Å². The Hall–Kier alpha value is -2.92. The minimum absolute atomic E-state index is 0.522. The monoisotopic (exact) mass is 366 g/mol. The smallest absolute Gasteiger partial charge is 0.300 e. The molecule has 0 amide bonds. The molecule has 2 aromatic carbocycles. The zero-order chi connectivity index (χ0) is 19.8. The molecule has 0 atom stereocenters. The summed E-state index contributed by atoms with van der Waals surface area (Å²) in [4.78, 5) is 9.00. The highest BCUT2D eigenvalue weighted by atomic mass is 16.5. The molecular formula is C22H26N2O3. The number of aromatic nitrogens is 1. The molecule has 2 N–H and O–H groups in total. The Morgan fingerprint density at radius 2 is 1.78 bits per heavy atom. The van der Waals surface area contributed by atoms with Crippen LogP contribution < -0.4 is 0 Å². The Morgan fingerprint density at radius 1 is 1.15 bits per heavy atom. The van der Waals surface area contributed by atoms with Gasteiger partial charge in [0.05, 0.1) is 5.52 Å². The lowest BCUT2D eigenvalue weighted by Crippen LogP contribution is -2.05. The Balaban J connectivity index is 0.000000596. The van der Waals surface area contributed by atoms with Crippen LogP contribution in [0.1, 0.15) is 30.5 Å². The number of rotatable bonds is 6. The number of carboxylic acid groups (broad SMARTS) is 1. The lowest BCUT2D eigenvalue weighted by molar-refractivity contribution is -0.134. The second kappa shape index (κ2) is 9.69. The van der Waals surface area contributed by atoms with E-state index in [1.807, 2.05) is 37.4 Å². The quantitative estimate of drug-likeness (QED) is 0.624. The van der Waals surface area contributed by atoms with Gasteiger partial charge in [0.2, 0.25) is 0 Å². The zero-order valence-corrected chi connectivity index (χ0v) is 16.0. The number of carbonyl (C=O) groups is 1. The number of hydrogen-bond donors (Lipinski definition) is 2. The second-order valence-corrected chi connectivity index (χ2v) is 6.25. The molecule has 0 aliphatic carbocycles. The van der Waals surface area contributed by atoms with E-state index in [1.54, 1.807) is 0 Å². The van der Waals surface area contributed by atoms with Crippen LogP contribution in [0.3, 0.4) is 0 Å². The molecule has 5 nitrogen and oxygen atoms in total. The van der Waals surface area contributed by atoms with Crippen LogP contribution in [0.2, 0.25) is 0 Å². The van der Waals surface area contributed by atoms with E-state index in [-0.39, 0.29) is 0 Å². The number of aliphatic carboxylic acids is 1. The Morgan fingerprint density at radius 3 is 2.44 bits per heavy atom. The van der Waals surface area contributed by atoms with Crippen LogP contribution in [0.15, 0.2) is 54.7 Å². The molecule has 1 heterocycles. The molecule has 142 valence electrons. The van der Waals surface area contributed by atoms with Gasteiger partial charge in [0.1, 0.15) is 6.73 Å². The first kappa shape index (κ1) is 20.4. The number of ether oxygens (including phenoxy) is 1. The standard InChI is InChI=1S/C20H22N2O.C2H4O2/c1-3-23-14-22-13-18(17-10-6-7-11-20(17)22)19(21)12-16-9-5-4-8-15(16)2;1-2(3)4/h4-11,13,21H,3,12,14H2,1-2H3;1H3,(H,3,4). The number of hydrogen-bond acceptors (Lipinski definition) is 3. The SMILES string of the molecule is CC(=O)O.CCOCn1cc(C(=N)Cc2ccccc2C)c2ccccc21. The molecule has 27 heavy (non-hydrogen) atoms. The summed E-state index contributed by atoms with van der Waals surface area (Å²) in [6, 6.07) is 16.5. The summed E-state index contributed by atoms with van der Waals surface area (Å²) < 4.78 is 7.63. The molecule has 0 aliphatic heterocycles. The molecular weight excluding hydrogens is 340 g/mol. The van der Waals surface area contributed by atoms with E-state index in [0.29, 0.717) is 25.5 Å². The summed E-state index contributed by atoms with van der Waals surface area (Å²) in [5.41, 5.74) is 5.19. The highest BCUT2D eigenvalue weighted by molar-refractivity contribution is 6.10. The first-order valence-corrected chi connectivity index (χ1v) is 8.91. The van der Waals surface area contributed by atoms with Crippen LogP contribution in [0.5, 0.6) is 0 Å². The van der Waals surface area contributed by atoms with Crippen molar-refractivity contribution in [1.82, 2.24) is 4.57 Å². The number of nitrogens with one attached hydrogen (secondary N) is 1. The molecule has 0 spiro atoms. The first-order chi connectivity index (χ1) is 12.9. The van der Waals surface area contributed by atoms with Gasteiger partial charge in [-0.05, 0) is 31.0 Å². The molecule has 1 aromatic heterocycles. The Labute approximate surface area is 159 Å². The largest absolute Gasteiger partial charge is 0.481 e. The molecule has 0 saturated carbocycles. The fourth-order valence-corrected chi connectivity index (χ4v) is 2.88. The fraction of sp³-hybridized carbons (Fsp3) is 0.273. The number of carboxylic acids is 1. The van der Waals surface area contributed by atoms with Crippen LogP contribution in [0, 0.1) is 12.3 Å². The summed E-state index contributed by atoms with van der Waals surface area (Å²) >= 11 is 0. The van der Waals surface area contributed by atoms with Crippen molar-refractivity contribution in [3.8, 4) is 0 Å². The normalized spacial score (nSPS) is 10.3. The molecule has 0 aliphatic rings. The van der Waals surface area contributed by atoms with E-state index in [0.717, 1.165) is 23.4 Å². The third-order valence-corrected chi connectivity index (χ3v) is 4.18. The van der Waals surface area contributed by atoms with Gasteiger partial charge in [-0.15, -0.1) is 0 Å². The molecule has 0 bridgehead atoms. The van der Waals surface area contributed by atoms with Crippen LogP contribution in [-0.2, 0) is 22.7 Å². The van der Waals surface area contributed by atoms with Crippen molar-refractivity contribution in [1.29, 1.82) is 5.41 Å². The third-order valence-electron chi connectivity index (χ3n) is 4.18. The molecule has 0 radical (unpaired) electrons. The first-order valence-electron chi connectivity index (χ1n) is 8.91. The number of aryl methyl sites for hydroxylation is 1. The van der Waals surface area contributed by atoms with Crippen LogP contribution in [0.4, 0.5) is 0 Å². The van der Waals surface area contributed by atoms with E-state index in [1.165, 1.54) is 11.1 Å². The van der Waals surface area contributed by atoms with Crippen molar-refractivity contribution in [2.24, 2.45) is 0 Å². The molecule has 0 saturated heterocycles. The van der Waals surface area contributed by atoms with Crippen molar-refractivity contribution in [3.63, 3.8) is 0 Å².